The van der Waals surface area contributed by atoms with Crippen LogP contribution < -0.4 is 0 Å². The Balaban J connectivity index is 1.77. The van der Waals surface area contributed by atoms with Crippen LogP contribution in [-0.4, -0.2) is 28.7 Å². The summed E-state index contributed by atoms with van der Waals surface area (Å²) in [5, 5.41) is 8.88. The molecular weight excluding hydrogens is 242 g/mol. The number of hydrogen-bond acceptors (Lipinski definition) is 4. The fourth-order valence-electron chi connectivity index (χ4n) is 2.40. The van der Waals surface area contributed by atoms with E-state index in [1.807, 2.05) is 0 Å². The van der Waals surface area contributed by atoms with Crippen molar-refractivity contribution >= 4 is 22.9 Å². The van der Waals surface area contributed by atoms with Gasteiger partial charge in [0.2, 0.25) is 4.47 Å². The predicted octanol–water partition coefficient (Wildman–Crippen LogP) is 3.20. The molecule has 0 atom stereocenters. The molecule has 2 rings (SSSR count). The van der Waals surface area contributed by atoms with Gasteiger partial charge >= 0.3 is 0 Å². The SMILES string of the molecule is CN(Cc1nnc(Cl)s1)CC1CCCCC1. The monoisotopic (exact) mass is 259 g/mol. The van der Waals surface area contributed by atoms with Crippen LogP contribution in [-0.2, 0) is 6.54 Å². The van der Waals surface area contributed by atoms with Gasteiger partial charge in [-0.25, -0.2) is 0 Å². The Hall–Kier alpha value is -0.190. The number of rotatable bonds is 4. The smallest absolute Gasteiger partial charge is 0.207 e. The molecule has 0 spiro atoms. The first-order valence-electron chi connectivity index (χ1n) is 5.90. The fourth-order valence-corrected chi connectivity index (χ4v) is 3.35. The Morgan fingerprint density at radius 2 is 2.06 bits per heavy atom. The van der Waals surface area contributed by atoms with Crippen molar-refractivity contribution in [1.82, 2.24) is 15.1 Å². The quantitative estimate of drug-likeness (QED) is 0.832. The Bertz CT molecular complexity index is 323. The van der Waals surface area contributed by atoms with Crippen LogP contribution in [0.4, 0.5) is 0 Å². The van der Waals surface area contributed by atoms with Crippen molar-refractivity contribution in [1.29, 1.82) is 0 Å². The second kappa shape index (κ2) is 5.94. The van der Waals surface area contributed by atoms with Gasteiger partial charge in [-0.1, -0.05) is 30.6 Å². The minimum Gasteiger partial charge on any atom is -0.299 e. The van der Waals surface area contributed by atoms with E-state index >= 15 is 0 Å². The lowest BCUT2D eigenvalue weighted by Crippen LogP contribution is -2.26. The van der Waals surface area contributed by atoms with Crippen molar-refractivity contribution in [3.63, 3.8) is 0 Å². The number of hydrogen-bond donors (Lipinski definition) is 0. The van der Waals surface area contributed by atoms with Crippen LogP contribution in [0.15, 0.2) is 0 Å². The molecule has 0 bridgehead atoms. The molecule has 1 heterocycles. The van der Waals surface area contributed by atoms with Gasteiger partial charge in [-0.05, 0) is 37.4 Å². The molecule has 0 radical (unpaired) electrons. The summed E-state index contributed by atoms with van der Waals surface area (Å²) in [6, 6.07) is 0. The molecule has 0 saturated heterocycles. The van der Waals surface area contributed by atoms with Gasteiger partial charge in [0.05, 0.1) is 6.54 Å². The highest BCUT2D eigenvalue weighted by molar-refractivity contribution is 7.15. The molecule has 5 heteroatoms. The van der Waals surface area contributed by atoms with E-state index in [2.05, 4.69) is 22.1 Å². The molecular formula is C11H18ClN3S. The van der Waals surface area contributed by atoms with E-state index in [1.165, 1.54) is 50.0 Å². The fraction of sp³-hybridized carbons (Fsp3) is 0.818. The molecule has 16 heavy (non-hydrogen) atoms. The first-order chi connectivity index (χ1) is 7.74. The first kappa shape index (κ1) is 12.3. The maximum Gasteiger partial charge on any atom is 0.207 e. The van der Waals surface area contributed by atoms with E-state index in [-0.39, 0.29) is 0 Å². The molecule has 1 saturated carbocycles. The van der Waals surface area contributed by atoms with Crippen molar-refractivity contribution < 1.29 is 0 Å². The van der Waals surface area contributed by atoms with Gasteiger partial charge in [-0.2, -0.15) is 0 Å². The van der Waals surface area contributed by atoms with Crippen molar-refractivity contribution in [2.24, 2.45) is 5.92 Å². The minimum absolute atomic E-state index is 0.543. The average molecular weight is 260 g/mol. The topological polar surface area (TPSA) is 29.0 Å². The van der Waals surface area contributed by atoms with Gasteiger partial charge < -0.3 is 0 Å². The largest absolute Gasteiger partial charge is 0.299 e. The van der Waals surface area contributed by atoms with Crippen LogP contribution in [0.2, 0.25) is 4.47 Å². The molecule has 90 valence electrons. The van der Waals surface area contributed by atoms with Gasteiger partial charge in [-0.3, -0.25) is 4.90 Å². The minimum atomic E-state index is 0.543. The van der Waals surface area contributed by atoms with Gasteiger partial charge in [0.25, 0.3) is 0 Å². The molecule has 1 aromatic heterocycles. The van der Waals surface area contributed by atoms with Crippen LogP contribution in [0.1, 0.15) is 37.1 Å². The summed E-state index contributed by atoms with van der Waals surface area (Å²) >= 11 is 7.24. The molecule has 0 amide bonds. The Labute approximate surface area is 106 Å². The van der Waals surface area contributed by atoms with E-state index < -0.39 is 0 Å². The normalized spacial score (nSPS) is 18.2. The van der Waals surface area contributed by atoms with Crippen LogP contribution in [0, 0.1) is 5.92 Å². The van der Waals surface area contributed by atoms with E-state index in [4.69, 9.17) is 11.6 Å². The molecule has 1 fully saturated rings. The highest BCUT2D eigenvalue weighted by atomic mass is 35.5. The van der Waals surface area contributed by atoms with Crippen molar-refractivity contribution in [2.75, 3.05) is 13.6 Å². The molecule has 1 aliphatic rings. The van der Waals surface area contributed by atoms with Crippen molar-refractivity contribution in [3.8, 4) is 0 Å². The number of halogens is 1. The maximum absolute atomic E-state index is 5.76. The van der Waals surface area contributed by atoms with Crippen LogP contribution in [0.5, 0.6) is 0 Å². The lowest BCUT2D eigenvalue weighted by atomic mass is 9.89. The number of nitrogens with zero attached hydrogens (tertiary/aromatic N) is 3. The predicted molar refractivity (Wildman–Crippen MR) is 67.8 cm³/mol. The molecule has 0 aliphatic heterocycles. The zero-order chi connectivity index (χ0) is 11.4. The van der Waals surface area contributed by atoms with Crippen molar-refractivity contribution in [3.05, 3.63) is 9.47 Å². The summed E-state index contributed by atoms with van der Waals surface area (Å²) < 4.78 is 0.543. The summed E-state index contributed by atoms with van der Waals surface area (Å²) in [4.78, 5) is 2.34. The van der Waals surface area contributed by atoms with E-state index in [0.717, 1.165) is 17.5 Å². The summed E-state index contributed by atoms with van der Waals surface area (Å²) in [5.74, 6) is 0.877. The van der Waals surface area contributed by atoms with Crippen LogP contribution in [0.3, 0.4) is 0 Å². The molecule has 0 aromatic carbocycles. The van der Waals surface area contributed by atoms with Crippen LogP contribution >= 0.6 is 22.9 Å². The average Bonchev–Trinajstić information content (AvgIpc) is 2.65. The van der Waals surface area contributed by atoms with Crippen molar-refractivity contribution in [2.45, 2.75) is 38.6 Å². The van der Waals surface area contributed by atoms with E-state index in [1.54, 1.807) is 0 Å². The Kier molecular flexibility index (Phi) is 4.55. The summed E-state index contributed by atoms with van der Waals surface area (Å²) in [5.41, 5.74) is 0. The highest BCUT2D eigenvalue weighted by Gasteiger charge is 2.16. The molecule has 0 unspecified atom stereocenters. The number of aromatic nitrogens is 2. The molecule has 1 aromatic rings. The van der Waals surface area contributed by atoms with E-state index in [0.29, 0.717) is 4.47 Å². The van der Waals surface area contributed by atoms with Gasteiger partial charge in [0.15, 0.2) is 0 Å². The maximum atomic E-state index is 5.76. The van der Waals surface area contributed by atoms with Gasteiger partial charge in [0.1, 0.15) is 5.01 Å². The Morgan fingerprint density at radius 3 is 2.69 bits per heavy atom. The second-order valence-electron chi connectivity index (χ2n) is 4.65. The third-order valence-electron chi connectivity index (χ3n) is 3.14. The summed E-state index contributed by atoms with van der Waals surface area (Å²) in [6.07, 6.45) is 7.01. The van der Waals surface area contributed by atoms with E-state index in [9.17, 15) is 0 Å². The molecule has 3 nitrogen and oxygen atoms in total. The highest BCUT2D eigenvalue weighted by Crippen LogP contribution is 2.25. The Morgan fingerprint density at radius 1 is 1.31 bits per heavy atom. The molecule has 0 N–H and O–H groups in total. The zero-order valence-corrected chi connectivity index (χ0v) is 11.2. The first-order valence-corrected chi connectivity index (χ1v) is 7.10. The third-order valence-corrected chi connectivity index (χ3v) is 4.15. The third kappa shape index (κ3) is 3.68. The van der Waals surface area contributed by atoms with Gasteiger partial charge in [0, 0.05) is 6.54 Å². The lowest BCUT2D eigenvalue weighted by Gasteiger charge is -2.26. The summed E-state index contributed by atoms with van der Waals surface area (Å²) in [6.45, 7) is 2.05. The second-order valence-corrected chi connectivity index (χ2v) is 6.29. The van der Waals surface area contributed by atoms with Gasteiger partial charge in [-0.15, -0.1) is 10.2 Å². The standard InChI is InChI=1S/C11H18ClN3S/c1-15(7-9-5-3-2-4-6-9)8-10-13-14-11(12)16-10/h9H,2-8H2,1H3. The van der Waals surface area contributed by atoms with Crippen LogP contribution in [0.25, 0.3) is 0 Å². The molecule has 1 aliphatic carbocycles. The zero-order valence-electron chi connectivity index (χ0n) is 9.65. The lowest BCUT2D eigenvalue weighted by molar-refractivity contribution is 0.227. The summed E-state index contributed by atoms with van der Waals surface area (Å²) in [7, 11) is 2.16.